The molecule has 6 heteroatoms. The Morgan fingerprint density at radius 3 is 2.82 bits per heavy atom. The van der Waals surface area contributed by atoms with Crippen molar-refractivity contribution < 1.29 is 9.21 Å². The summed E-state index contributed by atoms with van der Waals surface area (Å²) in [7, 11) is 0. The maximum Gasteiger partial charge on any atom is 0.286 e. The molecule has 142 valence electrons. The summed E-state index contributed by atoms with van der Waals surface area (Å²) < 4.78 is 7.32. The van der Waals surface area contributed by atoms with Gasteiger partial charge in [0.1, 0.15) is 5.82 Å². The van der Waals surface area contributed by atoms with Crippen LogP contribution in [0.15, 0.2) is 71.3 Å². The van der Waals surface area contributed by atoms with E-state index in [-0.39, 0.29) is 5.91 Å². The normalized spacial score (nSPS) is 11.0. The Hall–Kier alpha value is -3.05. The number of halogens is 1. The number of aryl methyl sites for hydroxylation is 1. The Kier molecular flexibility index (Phi) is 5.44. The number of fused-ring (bicyclic) bond motifs is 1. The summed E-state index contributed by atoms with van der Waals surface area (Å²) in [6.45, 7) is 1.26. The van der Waals surface area contributed by atoms with Crippen LogP contribution in [0.1, 0.15) is 28.4 Å². The Labute approximate surface area is 167 Å². The van der Waals surface area contributed by atoms with Crippen LogP contribution in [0.25, 0.3) is 11.0 Å². The molecule has 0 aliphatic rings. The molecule has 4 aromatic rings. The Morgan fingerprint density at radius 1 is 1.11 bits per heavy atom. The summed E-state index contributed by atoms with van der Waals surface area (Å²) in [5.74, 6) is 1.12. The maximum atomic E-state index is 12.0. The minimum atomic E-state index is -0.197. The van der Waals surface area contributed by atoms with Crippen LogP contribution in [0.4, 0.5) is 0 Å². The van der Waals surface area contributed by atoms with E-state index in [9.17, 15) is 4.79 Å². The standard InChI is InChI=1S/C22H20ClN3O2/c23-17-7-3-6-16(14-17)15-26-19-9-2-1-8-18(19)25-21(26)11-4-12-24-22(27)20-10-5-13-28-20/h1-3,5-10,13-14H,4,11-12,15H2,(H,24,27). The van der Waals surface area contributed by atoms with Crippen molar-refractivity contribution in [3.8, 4) is 0 Å². The smallest absolute Gasteiger partial charge is 0.286 e. The number of nitrogens with zero attached hydrogens (tertiary/aromatic N) is 2. The summed E-state index contributed by atoms with van der Waals surface area (Å²) >= 11 is 6.14. The molecule has 1 N–H and O–H groups in total. The quantitative estimate of drug-likeness (QED) is 0.463. The number of para-hydroxylation sites is 2. The molecule has 0 atom stereocenters. The average molecular weight is 394 g/mol. The summed E-state index contributed by atoms with van der Waals surface area (Å²) in [4.78, 5) is 16.8. The van der Waals surface area contributed by atoms with Crippen LogP contribution in [0.5, 0.6) is 0 Å². The SMILES string of the molecule is O=C(NCCCc1nc2ccccc2n1Cc1cccc(Cl)c1)c1ccco1. The molecule has 2 aromatic carbocycles. The van der Waals surface area contributed by atoms with Gasteiger partial charge in [0.15, 0.2) is 5.76 Å². The number of furan rings is 1. The minimum Gasteiger partial charge on any atom is -0.459 e. The molecule has 0 spiro atoms. The van der Waals surface area contributed by atoms with Crippen molar-refractivity contribution in [2.75, 3.05) is 6.54 Å². The third-order valence-corrected chi connectivity index (χ3v) is 4.81. The van der Waals surface area contributed by atoms with Crippen molar-refractivity contribution in [3.63, 3.8) is 0 Å². The third-order valence-electron chi connectivity index (χ3n) is 4.57. The molecule has 0 radical (unpaired) electrons. The number of carbonyl (C=O) groups excluding carboxylic acids is 1. The Morgan fingerprint density at radius 2 is 2.00 bits per heavy atom. The lowest BCUT2D eigenvalue weighted by Gasteiger charge is -2.10. The number of nitrogens with one attached hydrogen (secondary N) is 1. The first-order valence-electron chi connectivity index (χ1n) is 9.21. The molecular weight excluding hydrogens is 374 g/mol. The van der Waals surface area contributed by atoms with Crippen molar-refractivity contribution in [1.82, 2.24) is 14.9 Å². The molecule has 2 aromatic heterocycles. The van der Waals surface area contributed by atoms with E-state index in [1.54, 1.807) is 12.1 Å². The average Bonchev–Trinajstić information content (AvgIpc) is 3.34. The molecule has 1 amide bonds. The zero-order valence-corrected chi connectivity index (χ0v) is 16.0. The van der Waals surface area contributed by atoms with Crippen LogP contribution < -0.4 is 5.32 Å². The monoisotopic (exact) mass is 393 g/mol. The summed E-state index contributed by atoms with van der Waals surface area (Å²) in [5.41, 5.74) is 3.19. The fraction of sp³-hybridized carbons (Fsp3) is 0.182. The second kappa shape index (κ2) is 8.31. The van der Waals surface area contributed by atoms with Gasteiger partial charge in [-0.05, 0) is 48.4 Å². The molecule has 0 unspecified atom stereocenters. The number of aromatic nitrogens is 2. The molecule has 0 saturated heterocycles. The molecular formula is C22H20ClN3O2. The number of amides is 1. The number of hydrogen-bond donors (Lipinski definition) is 1. The topological polar surface area (TPSA) is 60.1 Å². The van der Waals surface area contributed by atoms with Gasteiger partial charge in [0.05, 0.1) is 17.3 Å². The lowest BCUT2D eigenvalue weighted by atomic mass is 10.2. The highest BCUT2D eigenvalue weighted by molar-refractivity contribution is 6.30. The van der Waals surface area contributed by atoms with E-state index in [4.69, 9.17) is 21.0 Å². The Bertz CT molecular complexity index is 1090. The second-order valence-corrected chi connectivity index (χ2v) is 7.01. The van der Waals surface area contributed by atoms with Gasteiger partial charge in [0.25, 0.3) is 5.91 Å². The van der Waals surface area contributed by atoms with Gasteiger partial charge >= 0.3 is 0 Å². The van der Waals surface area contributed by atoms with Crippen LogP contribution in [0.3, 0.4) is 0 Å². The maximum absolute atomic E-state index is 12.0. The highest BCUT2D eigenvalue weighted by atomic mass is 35.5. The van der Waals surface area contributed by atoms with E-state index >= 15 is 0 Å². The Balaban J connectivity index is 1.47. The van der Waals surface area contributed by atoms with E-state index in [1.807, 2.05) is 36.4 Å². The van der Waals surface area contributed by atoms with Gasteiger partial charge in [-0.25, -0.2) is 4.98 Å². The number of hydrogen-bond acceptors (Lipinski definition) is 3. The molecule has 0 aliphatic heterocycles. The van der Waals surface area contributed by atoms with Gasteiger partial charge in [-0.2, -0.15) is 0 Å². The first kappa shape index (κ1) is 18.3. The molecule has 4 rings (SSSR count). The lowest BCUT2D eigenvalue weighted by Crippen LogP contribution is -2.24. The first-order chi connectivity index (χ1) is 13.7. The van der Waals surface area contributed by atoms with Gasteiger partial charge in [-0.1, -0.05) is 35.9 Å². The van der Waals surface area contributed by atoms with E-state index < -0.39 is 0 Å². The van der Waals surface area contributed by atoms with Gasteiger partial charge in [0, 0.05) is 24.5 Å². The predicted molar refractivity (Wildman–Crippen MR) is 110 cm³/mol. The summed E-state index contributed by atoms with van der Waals surface area (Å²) in [5, 5.41) is 3.60. The number of benzene rings is 2. The summed E-state index contributed by atoms with van der Waals surface area (Å²) in [6, 6.07) is 19.3. The van der Waals surface area contributed by atoms with E-state index in [2.05, 4.69) is 22.0 Å². The van der Waals surface area contributed by atoms with Gasteiger partial charge < -0.3 is 14.3 Å². The highest BCUT2D eigenvalue weighted by Crippen LogP contribution is 2.20. The van der Waals surface area contributed by atoms with E-state index in [0.29, 0.717) is 18.8 Å². The van der Waals surface area contributed by atoms with Crippen molar-refractivity contribution in [2.24, 2.45) is 0 Å². The molecule has 0 aliphatic carbocycles. The molecule has 0 fully saturated rings. The van der Waals surface area contributed by atoms with Crippen molar-refractivity contribution in [1.29, 1.82) is 0 Å². The van der Waals surface area contributed by atoms with E-state index in [0.717, 1.165) is 40.3 Å². The van der Waals surface area contributed by atoms with E-state index in [1.165, 1.54) is 6.26 Å². The fourth-order valence-corrected chi connectivity index (χ4v) is 3.47. The summed E-state index contributed by atoms with van der Waals surface area (Å²) in [6.07, 6.45) is 3.03. The number of rotatable bonds is 7. The van der Waals surface area contributed by atoms with Crippen molar-refractivity contribution in [2.45, 2.75) is 19.4 Å². The van der Waals surface area contributed by atoms with Gasteiger partial charge in [0.2, 0.25) is 0 Å². The van der Waals surface area contributed by atoms with Gasteiger partial charge in [-0.15, -0.1) is 0 Å². The zero-order chi connectivity index (χ0) is 19.3. The van der Waals surface area contributed by atoms with Crippen molar-refractivity contribution >= 4 is 28.5 Å². The minimum absolute atomic E-state index is 0.197. The molecule has 5 nitrogen and oxygen atoms in total. The van der Waals surface area contributed by atoms with Gasteiger partial charge in [-0.3, -0.25) is 4.79 Å². The van der Waals surface area contributed by atoms with Crippen molar-refractivity contribution in [3.05, 3.63) is 89.1 Å². The molecule has 28 heavy (non-hydrogen) atoms. The van der Waals surface area contributed by atoms with Crippen LogP contribution in [-0.4, -0.2) is 22.0 Å². The van der Waals surface area contributed by atoms with Crippen LogP contribution in [-0.2, 0) is 13.0 Å². The number of imidazole rings is 1. The molecule has 0 bridgehead atoms. The largest absolute Gasteiger partial charge is 0.459 e. The first-order valence-corrected chi connectivity index (χ1v) is 9.59. The predicted octanol–water partition coefficient (Wildman–Crippen LogP) is 4.69. The molecule has 2 heterocycles. The lowest BCUT2D eigenvalue weighted by molar-refractivity contribution is 0.0925. The highest BCUT2D eigenvalue weighted by Gasteiger charge is 2.12. The van der Waals surface area contributed by atoms with Crippen LogP contribution in [0, 0.1) is 0 Å². The second-order valence-electron chi connectivity index (χ2n) is 6.57. The zero-order valence-electron chi connectivity index (χ0n) is 15.3. The fourth-order valence-electron chi connectivity index (χ4n) is 3.25. The van der Waals surface area contributed by atoms with Crippen LogP contribution in [0.2, 0.25) is 5.02 Å². The third kappa shape index (κ3) is 4.10. The van der Waals surface area contributed by atoms with Crippen LogP contribution >= 0.6 is 11.6 Å². The molecule has 0 saturated carbocycles. The number of carbonyl (C=O) groups is 1.